The van der Waals surface area contributed by atoms with E-state index < -0.39 is 71.6 Å². The molecule has 418 valence electrons. The highest BCUT2D eigenvalue weighted by Gasteiger charge is 2.44. The number of carbonyl (C=O) groups excluding carboxylic acids is 6. The van der Waals surface area contributed by atoms with Crippen LogP contribution in [-0.4, -0.2) is 133 Å². The first-order valence-corrected chi connectivity index (χ1v) is 26.5. The van der Waals surface area contributed by atoms with Gasteiger partial charge in [0.05, 0.1) is 47.2 Å². The third-order valence-corrected chi connectivity index (χ3v) is 14.3. The molecule has 5 atom stereocenters. The van der Waals surface area contributed by atoms with Crippen LogP contribution in [0.15, 0.2) is 78.8 Å². The van der Waals surface area contributed by atoms with Crippen LogP contribution in [0.5, 0.6) is 11.6 Å². The van der Waals surface area contributed by atoms with Crippen molar-refractivity contribution in [3.05, 3.63) is 101 Å². The Morgan fingerprint density at radius 3 is 2.28 bits per heavy atom. The SMILES string of the molecule is Cc1ncsc1-c1ccc(CNC(=O)[C@@H]2C[C@@H](O)CN2C(=O)[C@@H](NC(=O)CCCCNC(=O)CCCn2cnc(-c3cnc(O[C@@H]4CCN(C(=O)Cc5ccc(OC(F)(F)F)cc5)C[C@H]4F)c(C(N)=O)c3)c2)C(C)(C)C)cc1. The van der Waals surface area contributed by atoms with Crippen molar-refractivity contribution in [3.63, 3.8) is 0 Å². The van der Waals surface area contributed by atoms with E-state index >= 15 is 4.39 Å². The van der Waals surface area contributed by atoms with Crippen molar-refractivity contribution in [2.75, 3.05) is 26.2 Å². The van der Waals surface area contributed by atoms with Gasteiger partial charge in [0.1, 0.15) is 29.5 Å². The lowest BCUT2D eigenvalue weighted by molar-refractivity contribution is -0.274. The lowest BCUT2D eigenvalue weighted by Crippen LogP contribution is -2.57. The number of aryl methyl sites for hydroxylation is 2. The standard InChI is InChI=1S/C54H64F4N10O9S/c1-32-47(78-31-64-32)35-14-10-34(11-15-35)25-61-50(74)42-24-37(69)27-68(42)52(75)48(53(2,3)4)65-45(71)8-5-6-19-60-44(70)9-7-20-66-29-41(63-30-66)36-23-39(49(59)73)51(62-26-36)76-43-18-21-67(28-40(43)55)46(72)22-33-12-16-38(17-13-33)77-54(56,57)58/h10-17,23,26,29-31,37,40,42-43,48,69H,5-9,18-22,24-25,27-28H2,1-4H3,(H2,59,73)(H,60,70)(H,61,74)(H,65,71)/t37-,40-,42+,43-,48-/m1/s1. The maximum Gasteiger partial charge on any atom is 0.573 e. The fraction of sp³-hybridized carbons (Fsp3) is 0.463. The topological polar surface area (TPSA) is 253 Å². The first kappa shape index (κ1) is 58.2. The number of unbranched alkanes of at least 4 members (excludes halogenated alkanes) is 1. The lowest BCUT2D eigenvalue weighted by Gasteiger charge is -2.35. The summed E-state index contributed by atoms with van der Waals surface area (Å²) in [6.07, 6.45) is -2.16. The number of halogens is 4. The van der Waals surface area contributed by atoms with Gasteiger partial charge < -0.3 is 50.6 Å². The Morgan fingerprint density at radius 1 is 0.897 bits per heavy atom. The number of rotatable bonds is 22. The number of nitrogens with two attached hydrogens (primary N) is 1. The summed E-state index contributed by atoms with van der Waals surface area (Å²) in [6, 6.07) is 12.2. The molecule has 5 heterocycles. The second-order valence-electron chi connectivity index (χ2n) is 20.5. The van der Waals surface area contributed by atoms with Gasteiger partial charge in [-0.2, -0.15) is 0 Å². The maximum atomic E-state index is 15.4. The molecule has 78 heavy (non-hydrogen) atoms. The number of nitrogens with one attached hydrogen (secondary N) is 3. The summed E-state index contributed by atoms with van der Waals surface area (Å²) in [4.78, 5) is 95.5. The van der Waals surface area contributed by atoms with E-state index in [0.29, 0.717) is 49.2 Å². The number of aliphatic hydroxyl groups is 1. The van der Waals surface area contributed by atoms with Crippen molar-refractivity contribution in [1.82, 2.24) is 45.3 Å². The van der Waals surface area contributed by atoms with E-state index in [-0.39, 0.29) is 81.5 Å². The molecule has 19 nitrogen and oxygen atoms in total. The molecule has 2 aromatic carbocycles. The predicted molar refractivity (Wildman–Crippen MR) is 279 cm³/mol. The normalized spacial score (nSPS) is 18.0. The van der Waals surface area contributed by atoms with Crippen molar-refractivity contribution < 1.29 is 60.9 Å². The Balaban J connectivity index is 0.798. The van der Waals surface area contributed by atoms with Crippen molar-refractivity contribution in [2.45, 2.75) is 129 Å². The van der Waals surface area contributed by atoms with Crippen molar-refractivity contribution in [1.29, 1.82) is 0 Å². The van der Waals surface area contributed by atoms with Gasteiger partial charge in [0, 0.05) is 76.4 Å². The Kier molecular flexibility index (Phi) is 19.2. The number of aromatic nitrogens is 4. The fourth-order valence-corrected chi connectivity index (χ4v) is 9.95. The van der Waals surface area contributed by atoms with E-state index in [1.165, 1.54) is 34.2 Å². The number of aliphatic hydroxyl groups excluding tert-OH is 1. The summed E-state index contributed by atoms with van der Waals surface area (Å²) in [5.74, 6) is -3.32. The van der Waals surface area contributed by atoms with Gasteiger partial charge in [0.15, 0.2) is 6.17 Å². The maximum absolute atomic E-state index is 15.4. The number of carbonyl (C=O) groups is 6. The number of benzene rings is 2. The molecule has 6 amide bonds. The minimum atomic E-state index is -4.85. The van der Waals surface area contributed by atoms with Crippen LogP contribution in [0.1, 0.15) is 92.9 Å². The van der Waals surface area contributed by atoms with Crippen molar-refractivity contribution in [3.8, 4) is 33.3 Å². The van der Waals surface area contributed by atoms with Gasteiger partial charge in [-0.3, -0.25) is 28.8 Å². The molecule has 24 heteroatoms. The molecule has 0 radical (unpaired) electrons. The number of amides is 6. The van der Waals surface area contributed by atoms with Gasteiger partial charge in [-0.25, -0.2) is 19.3 Å². The predicted octanol–water partition coefficient (Wildman–Crippen LogP) is 5.81. The van der Waals surface area contributed by atoms with Crippen LogP contribution in [0, 0.1) is 12.3 Å². The van der Waals surface area contributed by atoms with E-state index in [4.69, 9.17) is 10.5 Å². The Bertz CT molecular complexity index is 2910. The quantitative estimate of drug-likeness (QED) is 0.0407. The van der Waals surface area contributed by atoms with Crippen LogP contribution in [-0.2, 0) is 43.5 Å². The average Bonchev–Trinajstić information content (AvgIpc) is 4.21. The number of ether oxygens (including phenoxy) is 2. The van der Waals surface area contributed by atoms with Gasteiger partial charge >= 0.3 is 6.36 Å². The smallest absolute Gasteiger partial charge is 0.471 e. The van der Waals surface area contributed by atoms with Crippen LogP contribution in [0.4, 0.5) is 17.6 Å². The van der Waals surface area contributed by atoms with Crippen molar-refractivity contribution in [2.24, 2.45) is 11.1 Å². The highest BCUT2D eigenvalue weighted by atomic mass is 32.1. The van der Waals surface area contributed by atoms with Crippen LogP contribution in [0.25, 0.3) is 21.7 Å². The Morgan fingerprint density at radius 2 is 1.62 bits per heavy atom. The summed E-state index contributed by atoms with van der Waals surface area (Å²) >= 11 is 1.55. The Hall–Kier alpha value is -7.47. The summed E-state index contributed by atoms with van der Waals surface area (Å²) < 4.78 is 64.3. The number of β-amino-alcohol motifs (C(OH)–C–C–N with tert-alkyl or cyclic N) is 1. The molecule has 0 unspecified atom stereocenters. The summed E-state index contributed by atoms with van der Waals surface area (Å²) in [7, 11) is 0. The monoisotopic (exact) mass is 1100 g/mol. The molecule has 0 saturated carbocycles. The minimum Gasteiger partial charge on any atom is -0.471 e. The molecule has 0 spiro atoms. The minimum absolute atomic E-state index is 0.0426. The number of primary amides is 1. The number of hydrogen-bond donors (Lipinski definition) is 5. The molecular weight excluding hydrogens is 1040 g/mol. The fourth-order valence-electron chi connectivity index (χ4n) is 9.14. The molecule has 0 aliphatic carbocycles. The molecule has 7 rings (SSSR count). The second-order valence-corrected chi connectivity index (χ2v) is 21.3. The average molecular weight is 1110 g/mol. The third-order valence-electron chi connectivity index (χ3n) is 13.3. The molecular formula is C54H64F4N10O9S. The van der Waals surface area contributed by atoms with E-state index in [1.807, 2.05) is 52.0 Å². The third kappa shape index (κ3) is 16.1. The second kappa shape index (κ2) is 25.8. The molecule has 2 aliphatic heterocycles. The molecule has 2 aliphatic rings. The molecule has 2 fully saturated rings. The zero-order chi connectivity index (χ0) is 56.3. The molecule has 6 N–H and O–H groups in total. The number of hydrogen-bond acceptors (Lipinski definition) is 13. The first-order valence-electron chi connectivity index (χ1n) is 25.6. The Labute approximate surface area is 452 Å². The number of piperidine rings is 1. The number of pyridine rings is 1. The van der Waals surface area contributed by atoms with Gasteiger partial charge in [0.25, 0.3) is 5.91 Å². The highest BCUT2D eigenvalue weighted by Crippen LogP contribution is 2.31. The number of thiazole rings is 1. The zero-order valence-electron chi connectivity index (χ0n) is 43.7. The van der Waals surface area contributed by atoms with E-state index in [0.717, 1.165) is 33.8 Å². The molecule has 5 aromatic rings. The number of nitrogens with zero attached hydrogens (tertiary/aromatic N) is 6. The first-order chi connectivity index (χ1) is 37.0. The van der Waals surface area contributed by atoms with Gasteiger partial charge in [0.2, 0.25) is 35.4 Å². The van der Waals surface area contributed by atoms with Crippen molar-refractivity contribution >= 4 is 46.8 Å². The summed E-state index contributed by atoms with van der Waals surface area (Å²) in [5.41, 5.74) is 10.8. The van der Waals surface area contributed by atoms with Crippen LogP contribution in [0.3, 0.4) is 0 Å². The number of imidazole rings is 1. The van der Waals surface area contributed by atoms with E-state index in [2.05, 4.69) is 35.6 Å². The van der Waals surface area contributed by atoms with Gasteiger partial charge in [-0.1, -0.05) is 57.2 Å². The number of likely N-dealkylation sites (tertiary alicyclic amines) is 2. The highest BCUT2D eigenvalue weighted by molar-refractivity contribution is 7.13. The van der Waals surface area contributed by atoms with Crippen LogP contribution >= 0.6 is 11.3 Å². The van der Waals surface area contributed by atoms with E-state index in [9.17, 15) is 47.0 Å². The summed E-state index contributed by atoms with van der Waals surface area (Å²) in [5, 5.41) is 19.2. The van der Waals surface area contributed by atoms with Gasteiger partial charge in [-0.05, 0) is 66.5 Å². The molecule has 2 saturated heterocycles. The largest absolute Gasteiger partial charge is 0.573 e. The van der Waals surface area contributed by atoms with Gasteiger partial charge in [-0.15, -0.1) is 24.5 Å². The zero-order valence-corrected chi connectivity index (χ0v) is 44.5. The van der Waals surface area contributed by atoms with Crippen LogP contribution in [0.2, 0.25) is 0 Å². The summed E-state index contributed by atoms with van der Waals surface area (Å²) in [6.45, 7) is 8.14. The van der Waals surface area contributed by atoms with E-state index in [1.54, 1.807) is 33.9 Å². The number of alkyl halides is 4. The molecule has 0 bridgehead atoms. The molecule has 3 aromatic heterocycles. The van der Waals surface area contributed by atoms with Crippen LogP contribution < -0.4 is 31.2 Å². The lowest BCUT2D eigenvalue weighted by atomic mass is 9.85.